The van der Waals surface area contributed by atoms with Gasteiger partial charge in [-0.2, -0.15) is 5.10 Å². The molecule has 0 bridgehead atoms. The molecule has 29 heavy (non-hydrogen) atoms. The summed E-state index contributed by atoms with van der Waals surface area (Å²) in [4.78, 5) is 19.0. The number of aromatic nitrogens is 3. The number of carbonyl (C=O) groups is 1. The average molecular weight is 409 g/mol. The summed E-state index contributed by atoms with van der Waals surface area (Å²) in [5, 5.41) is 9.42. The van der Waals surface area contributed by atoms with Crippen LogP contribution >= 0.6 is 0 Å². The highest BCUT2D eigenvalue weighted by Crippen LogP contribution is 2.35. The lowest BCUT2D eigenvalue weighted by Gasteiger charge is -2.21. The number of carbonyl (C=O) groups excluding carboxylic acids is 1. The van der Waals surface area contributed by atoms with Crippen LogP contribution in [0.3, 0.4) is 0 Å². The molecule has 2 aromatic carbocycles. The second kappa shape index (κ2) is 6.50. The predicted molar refractivity (Wildman–Crippen MR) is 106 cm³/mol. The zero-order valence-corrected chi connectivity index (χ0v) is 16.3. The van der Waals surface area contributed by atoms with Gasteiger partial charge in [0.25, 0.3) is 0 Å². The molecule has 1 atom stereocenters. The van der Waals surface area contributed by atoms with Gasteiger partial charge in [-0.3, -0.25) is 4.79 Å². The number of primary sulfonamides is 1. The van der Waals surface area contributed by atoms with Gasteiger partial charge in [0.05, 0.1) is 10.6 Å². The van der Waals surface area contributed by atoms with E-state index in [2.05, 4.69) is 10.1 Å². The first-order chi connectivity index (χ1) is 13.9. The lowest BCUT2D eigenvalue weighted by atomic mass is 10.0. The number of nitrogens with two attached hydrogens (primary N) is 1. The van der Waals surface area contributed by atoms with Crippen LogP contribution in [-0.2, 0) is 34.1 Å². The van der Waals surface area contributed by atoms with Crippen LogP contribution in [0, 0.1) is 5.92 Å². The van der Waals surface area contributed by atoms with Gasteiger partial charge >= 0.3 is 0 Å². The minimum atomic E-state index is -3.81. The smallest absolute Gasteiger partial charge is 0.238 e. The maximum absolute atomic E-state index is 13.3. The van der Waals surface area contributed by atoms with Crippen molar-refractivity contribution in [3.05, 3.63) is 65.7 Å². The van der Waals surface area contributed by atoms with Crippen LogP contribution in [0.25, 0.3) is 5.69 Å². The Morgan fingerprint density at radius 2 is 1.86 bits per heavy atom. The minimum absolute atomic E-state index is 0.0221. The van der Waals surface area contributed by atoms with Crippen molar-refractivity contribution in [3.63, 3.8) is 0 Å². The molecule has 1 aliphatic carbocycles. The van der Waals surface area contributed by atoms with E-state index in [0.29, 0.717) is 31.5 Å². The van der Waals surface area contributed by atoms with Gasteiger partial charge in [0.2, 0.25) is 15.9 Å². The fraction of sp³-hybridized carbons (Fsp3) is 0.250. The van der Waals surface area contributed by atoms with Crippen LogP contribution in [-0.4, -0.2) is 35.6 Å². The number of anilines is 1. The van der Waals surface area contributed by atoms with Gasteiger partial charge in [0.1, 0.15) is 12.7 Å². The van der Waals surface area contributed by atoms with Gasteiger partial charge in [0, 0.05) is 18.2 Å². The molecule has 9 heteroatoms. The molecule has 1 aromatic heterocycles. The number of amides is 1. The standard InChI is InChI=1S/C20H19N5O3S/c21-29(27,28)18-4-2-13-5-6-24(19(13)10-18)20(26)16-7-14-1-3-17(9-15(14)8-16)25-12-22-11-23-25/h1-4,9-12,16H,5-8H2,(H2,21,27,28). The van der Waals surface area contributed by atoms with Gasteiger partial charge in [0.15, 0.2) is 0 Å². The van der Waals surface area contributed by atoms with Gasteiger partial charge in [-0.05, 0) is 60.2 Å². The Kier molecular flexibility index (Phi) is 4.04. The average Bonchev–Trinajstić information content (AvgIpc) is 3.44. The summed E-state index contributed by atoms with van der Waals surface area (Å²) in [6.07, 6.45) is 5.16. The van der Waals surface area contributed by atoms with Crippen molar-refractivity contribution in [3.8, 4) is 5.69 Å². The van der Waals surface area contributed by atoms with E-state index in [1.165, 1.54) is 18.5 Å². The molecule has 148 valence electrons. The summed E-state index contributed by atoms with van der Waals surface area (Å²) in [5.74, 6) is -0.145. The molecule has 1 amide bonds. The van der Waals surface area contributed by atoms with E-state index in [-0.39, 0.29) is 16.7 Å². The molecule has 1 aliphatic heterocycles. The zero-order chi connectivity index (χ0) is 20.2. The highest BCUT2D eigenvalue weighted by molar-refractivity contribution is 7.89. The lowest BCUT2D eigenvalue weighted by Crippen LogP contribution is -2.35. The van der Waals surface area contributed by atoms with Crippen molar-refractivity contribution in [2.75, 3.05) is 11.4 Å². The third-order valence-electron chi connectivity index (χ3n) is 5.70. The first-order valence-corrected chi connectivity index (χ1v) is 10.9. The first kappa shape index (κ1) is 18.0. The molecule has 2 aliphatic rings. The van der Waals surface area contributed by atoms with E-state index < -0.39 is 10.0 Å². The molecule has 0 saturated carbocycles. The number of sulfonamides is 1. The lowest BCUT2D eigenvalue weighted by molar-refractivity contribution is -0.122. The number of hydrogen-bond acceptors (Lipinski definition) is 5. The van der Waals surface area contributed by atoms with Gasteiger partial charge in [-0.15, -0.1) is 0 Å². The Hall–Kier alpha value is -3.04. The Bertz CT molecular complexity index is 1220. The third kappa shape index (κ3) is 3.12. The Labute approximate surface area is 168 Å². The van der Waals surface area contributed by atoms with Crippen molar-refractivity contribution < 1.29 is 13.2 Å². The molecule has 0 radical (unpaired) electrons. The summed E-state index contributed by atoms with van der Waals surface area (Å²) in [6.45, 7) is 0.555. The van der Waals surface area contributed by atoms with E-state index in [0.717, 1.165) is 22.4 Å². The van der Waals surface area contributed by atoms with Crippen LogP contribution in [0.4, 0.5) is 5.69 Å². The maximum atomic E-state index is 13.3. The number of hydrogen-bond donors (Lipinski definition) is 1. The second-order valence-corrected chi connectivity index (χ2v) is 9.04. The Morgan fingerprint density at radius 1 is 1.07 bits per heavy atom. The van der Waals surface area contributed by atoms with E-state index in [9.17, 15) is 13.2 Å². The van der Waals surface area contributed by atoms with E-state index in [1.54, 1.807) is 22.0 Å². The summed E-state index contributed by atoms with van der Waals surface area (Å²) in [5.41, 5.74) is 4.83. The van der Waals surface area contributed by atoms with Crippen molar-refractivity contribution >= 4 is 21.6 Å². The number of benzene rings is 2. The normalized spacial score (nSPS) is 18.0. The van der Waals surface area contributed by atoms with Crippen molar-refractivity contribution in [2.24, 2.45) is 11.1 Å². The maximum Gasteiger partial charge on any atom is 0.238 e. The van der Waals surface area contributed by atoms with Gasteiger partial charge < -0.3 is 4.90 Å². The first-order valence-electron chi connectivity index (χ1n) is 9.34. The Morgan fingerprint density at radius 3 is 2.62 bits per heavy atom. The molecule has 3 aromatic rings. The fourth-order valence-corrected chi connectivity index (χ4v) is 4.78. The molecule has 0 fully saturated rings. The molecule has 5 rings (SSSR count). The van der Waals surface area contributed by atoms with E-state index in [4.69, 9.17) is 5.14 Å². The van der Waals surface area contributed by atoms with Crippen LogP contribution in [0.2, 0.25) is 0 Å². The molecule has 0 saturated heterocycles. The third-order valence-corrected chi connectivity index (χ3v) is 6.61. The molecule has 0 spiro atoms. The molecular weight excluding hydrogens is 390 g/mol. The number of fused-ring (bicyclic) bond motifs is 2. The second-order valence-electron chi connectivity index (χ2n) is 7.47. The van der Waals surface area contributed by atoms with Crippen molar-refractivity contribution in [1.29, 1.82) is 0 Å². The SMILES string of the molecule is NS(=O)(=O)c1ccc2c(c1)N(C(=O)C1Cc3ccc(-n4cncn4)cc3C1)CC2. The van der Waals surface area contributed by atoms with E-state index in [1.807, 2.05) is 18.2 Å². The highest BCUT2D eigenvalue weighted by atomic mass is 32.2. The molecular formula is C20H19N5O3S. The summed E-state index contributed by atoms with van der Waals surface area (Å²) < 4.78 is 25.1. The summed E-state index contributed by atoms with van der Waals surface area (Å²) in [6, 6.07) is 10.8. The summed E-state index contributed by atoms with van der Waals surface area (Å²) >= 11 is 0. The monoisotopic (exact) mass is 409 g/mol. The fourth-order valence-electron chi connectivity index (χ4n) is 4.25. The van der Waals surface area contributed by atoms with Crippen molar-refractivity contribution in [2.45, 2.75) is 24.2 Å². The Balaban J connectivity index is 1.40. The van der Waals surface area contributed by atoms with E-state index >= 15 is 0 Å². The van der Waals surface area contributed by atoms with Crippen LogP contribution in [0.1, 0.15) is 16.7 Å². The molecule has 2 heterocycles. The largest absolute Gasteiger partial charge is 0.312 e. The van der Waals surface area contributed by atoms with Crippen LogP contribution in [0.5, 0.6) is 0 Å². The van der Waals surface area contributed by atoms with Gasteiger partial charge in [-0.25, -0.2) is 23.2 Å². The highest BCUT2D eigenvalue weighted by Gasteiger charge is 2.34. The minimum Gasteiger partial charge on any atom is -0.312 e. The number of nitrogens with zero attached hydrogens (tertiary/aromatic N) is 4. The van der Waals surface area contributed by atoms with Gasteiger partial charge in [-0.1, -0.05) is 12.1 Å². The quantitative estimate of drug-likeness (QED) is 0.699. The topological polar surface area (TPSA) is 111 Å². The molecule has 2 N–H and O–H groups in total. The van der Waals surface area contributed by atoms with Crippen LogP contribution in [0.15, 0.2) is 53.9 Å². The predicted octanol–water partition coefficient (Wildman–Crippen LogP) is 1.22. The zero-order valence-electron chi connectivity index (χ0n) is 15.5. The number of rotatable bonds is 3. The van der Waals surface area contributed by atoms with Crippen LogP contribution < -0.4 is 10.0 Å². The molecule has 1 unspecified atom stereocenters. The summed E-state index contributed by atoms with van der Waals surface area (Å²) in [7, 11) is -3.81. The molecule has 8 nitrogen and oxygen atoms in total. The van der Waals surface area contributed by atoms with Crippen molar-refractivity contribution in [1.82, 2.24) is 14.8 Å².